The van der Waals surface area contributed by atoms with E-state index in [4.69, 9.17) is 30.8 Å². The summed E-state index contributed by atoms with van der Waals surface area (Å²) >= 11 is 7.53. The van der Waals surface area contributed by atoms with Crippen LogP contribution in [0.1, 0.15) is 54.4 Å². The molecule has 4 heterocycles. The summed E-state index contributed by atoms with van der Waals surface area (Å²) in [4.78, 5) is 32.0. The number of rotatable bonds is 16. The van der Waals surface area contributed by atoms with Crippen molar-refractivity contribution in [2.75, 3.05) is 76.4 Å². The Morgan fingerprint density at radius 1 is 0.965 bits per heavy atom. The smallest absolute Gasteiger partial charge is 0.266 e. The minimum absolute atomic E-state index is 0.238. The molecule has 0 bridgehead atoms. The Kier molecular flexibility index (Phi) is 12.6. The highest BCUT2D eigenvalue weighted by atomic mass is 35.5. The lowest BCUT2D eigenvalue weighted by molar-refractivity contribution is 0.0759. The first-order valence-electron chi connectivity index (χ1n) is 19.9. The molecule has 0 atom stereocenters. The van der Waals surface area contributed by atoms with E-state index in [1.54, 1.807) is 18.9 Å². The minimum Gasteiger partial charge on any atom is -0.436 e. The molecular weight excluding hydrogens is 758 g/mol. The molecule has 0 radical (unpaired) electrons. The third-order valence-corrected chi connectivity index (χ3v) is 12.5. The fourth-order valence-corrected chi connectivity index (χ4v) is 8.77. The normalized spacial score (nSPS) is 16.8. The van der Waals surface area contributed by atoms with E-state index in [9.17, 15) is 4.79 Å². The van der Waals surface area contributed by atoms with Gasteiger partial charge in [0.2, 0.25) is 5.88 Å². The zero-order valence-corrected chi connectivity index (χ0v) is 34.0. The number of anilines is 2. The van der Waals surface area contributed by atoms with Crippen LogP contribution >= 0.6 is 23.5 Å². The summed E-state index contributed by atoms with van der Waals surface area (Å²) in [6.45, 7) is 6.90. The number of aromatic nitrogens is 3. The summed E-state index contributed by atoms with van der Waals surface area (Å²) in [6.07, 6.45) is 11.2. The Morgan fingerprint density at radius 3 is 2.56 bits per heavy atom. The van der Waals surface area contributed by atoms with Crippen LogP contribution < -0.4 is 19.7 Å². The quantitative estimate of drug-likeness (QED) is 0.0660. The van der Waals surface area contributed by atoms with Gasteiger partial charge >= 0.3 is 0 Å². The molecule has 2 fully saturated rings. The Hall–Kier alpha value is -4.59. The molecule has 11 nitrogen and oxygen atoms in total. The monoisotopic (exact) mass is 807 g/mol. The van der Waals surface area contributed by atoms with Gasteiger partial charge in [-0.3, -0.25) is 14.4 Å². The number of H-pyrrole nitrogens is 1. The lowest BCUT2D eigenvalue weighted by Crippen LogP contribution is -2.47. The van der Waals surface area contributed by atoms with Crippen LogP contribution in [-0.4, -0.2) is 92.0 Å². The van der Waals surface area contributed by atoms with Crippen LogP contribution in [0.25, 0.3) is 16.6 Å². The molecule has 0 unspecified atom stereocenters. The van der Waals surface area contributed by atoms with Crippen molar-refractivity contribution in [3.05, 3.63) is 107 Å². The molecule has 57 heavy (non-hydrogen) atoms. The van der Waals surface area contributed by atoms with Crippen molar-refractivity contribution in [2.45, 2.75) is 43.4 Å². The zero-order valence-electron chi connectivity index (χ0n) is 32.4. The number of nitrogens with zero attached hydrogens (tertiary/aromatic N) is 4. The molecule has 1 saturated heterocycles. The van der Waals surface area contributed by atoms with Crippen molar-refractivity contribution in [3.63, 3.8) is 0 Å². The van der Waals surface area contributed by atoms with Crippen molar-refractivity contribution in [1.82, 2.24) is 24.6 Å². The van der Waals surface area contributed by atoms with Gasteiger partial charge in [0.25, 0.3) is 5.91 Å². The molecule has 1 aliphatic heterocycles. The summed E-state index contributed by atoms with van der Waals surface area (Å²) in [5, 5.41) is 5.04. The highest BCUT2D eigenvalue weighted by molar-refractivity contribution is 7.98. The predicted octanol–water partition coefficient (Wildman–Crippen LogP) is 8.85. The second-order valence-electron chi connectivity index (χ2n) is 15.2. The van der Waals surface area contributed by atoms with Gasteiger partial charge in [0.15, 0.2) is 0 Å². The number of hydrogen-bond donors (Lipinski definition) is 3. The fraction of sp³-hybridized carbons (Fsp3) is 0.386. The van der Waals surface area contributed by atoms with E-state index < -0.39 is 0 Å². The number of halogens is 1. The Bertz CT molecular complexity index is 2170. The van der Waals surface area contributed by atoms with Gasteiger partial charge in [-0.2, -0.15) is 4.98 Å². The Balaban J connectivity index is 0.930. The van der Waals surface area contributed by atoms with E-state index in [1.165, 1.54) is 61.6 Å². The molecule has 3 aliphatic rings. The van der Waals surface area contributed by atoms with Gasteiger partial charge in [-0.15, -0.1) is 0 Å². The van der Waals surface area contributed by atoms with E-state index >= 15 is 0 Å². The van der Waals surface area contributed by atoms with Crippen molar-refractivity contribution in [3.8, 4) is 11.6 Å². The van der Waals surface area contributed by atoms with Crippen LogP contribution in [0.2, 0.25) is 5.02 Å². The van der Waals surface area contributed by atoms with Crippen molar-refractivity contribution >= 4 is 57.6 Å². The van der Waals surface area contributed by atoms with Crippen LogP contribution in [0, 0.1) is 5.41 Å². The molecule has 2 aromatic carbocycles. The molecule has 1 saturated carbocycles. The van der Waals surface area contributed by atoms with E-state index in [0.29, 0.717) is 43.1 Å². The van der Waals surface area contributed by atoms with E-state index in [-0.39, 0.29) is 11.8 Å². The lowest BCUT2D eigenvalue weighted by atomic mass is 9.59. The van der Waals surface area contributed by atoms with Crippen molar-refractivity contribution < 1.29 is 19.0 Å². The highest BCUT2D eigenvalue weighted by Gasteiger charge is 2.41. The molecular formula is C44H50ClN7O4S. The van der Waals surface area contributed by atoms with Crippen LogP contribution in [0.3, 0.4) is 0 Å². The topological polar surface area (TPSA) is 117 Å². The largest absolute Gasteiger partial charge is 0.436 e. The minimum atomic E-state index is -0.300. The molecule has 5 aromatic rings. The SMILES string of the molecule is COCCOCCNc1ccc(SNC(=O)c2ccc(N3CCN(CC4=C(c5ccc(Cl)cc5)CC5(CCC5)CC4)CC3)nc2Oc2cnc3[nH]ccc3c2)cc1. The van der Waals surface area contributed by atoms with Gasteiger partial charge in [0.1, 0.15) is 22.8 Å². The number of hydrogen-bond acceptors (Lipinski definition) is 10. The maximum atomic E-state index is 13.7. The third-order valence-electron chi connectivity index (χ3n) is 11.5. The number of fused-ring (bicyclic) bond motifs is 1. The average Bonchev–Trinajstić information content (AvgIpc) is 3.70. The first-order chi connectivity index (χ1) is 27.9. The molecule has 2 aliphatic carbocycles. The van der Waals surface area contributed by atoms with E-state index in [2.05, 4.69) is 41.9 Å². The van der Waals surface area contributed by atoms with E-state index in [1.807, 2.05) is 66.9 Å². The van der Waals surface area contributed by atoms with Crippen LogP contribution in [0.15, 0.2) is 95.7 Å². The highest BCUT2D eigenvalue weighted by Crippen LogP contribution is 2.55. The number of amides is 1. The van der Waals surface area contributed by atoms with Gasteiger partial charge < -0.3 is 29.4 Å². The predicted molar refractivity (Wildman–Crippen MR) is 229 cm³/mol. The van der Waals surface area contributed by atoms with Crippen molar-refractivity contribution in [2.24, 2.45) is 5.41 Å². The van der Waals surface area contributed by atoms with Gasteiger partial charge in [-0.1, -0.05) is 35.7 Å². The van der Waals surface area contributed by atoms with Crippen molar-refractivity contribution in [1.29, 1.82) is 0 Å². The van der Waals surface area contributed by atoms with Gasteiger partial charge in [0, 0.05) is 73.6 Å². The average molecular weight is 808 g/mol. The number of allylic oxidation sites excluding steroid dienone is 1. The number of aromatic amines is 1. The van der Waals surface area contributed by atoms with E-state index in [0.717, 1.165) is 65.2 Å². The Labute approximate surface area is 343 Å². The number of carbonyl (C=O) groups is 1. The molecule has 1 spiro atoms. The number of nitrogens with one attached hydrogen (secondary N) is 3. The van der Waals surface area contributed by atoms with Crippen LogP contribution in [0.4, 0.5) is 11.5 Å². The molecule has 3 N–H and O–H groups in total. The maximum Gasteiger partial charge on any atom is 0.266 e. The Morgan fingerprint density at radius 2 is 1.79 bits per heavy atom. The summed E-state index contributed by atoms with van der Waals surface area (Å²) < 4.78 is 19.9. The lowest BCUT2D eigenvalue weighted by Gasteiger charge is -2.47. The summed E-state index contributed by atoms with van der Waals surface area (Å²) in [5.74, 6) is 1.22. The summed E-state index contributed by atoms with van der Waals surface area (Å²) in [5.41, 5.74) is 7.01. The second kappa shape index (κ2) is 18.3. The molecule has 3 aromatic heterocycles. The number of piperazine rings is 1. The molecule has 1 amide bonds. The number of carbonyl (C=O) groups excluding carboxylic acids is 1. The number of methoxy groups -OCH3 is 1. The fourth-order valence-electron chi connectivity index (χ4n) is 8.05. The number of ether oxygens (including phenoxy) is 3. The standard InChI is InChI=1S/C44H50ClN7O4S/c1-54-25-26-55-24-19-46-35-7-9-37(10-8-35)57-50-42(53)38-11-12-40(49-43(38)56-36-27-32-14-18-47-41(32)48-29-36)52-22-20-51(21-23-52)30-33-13-17-44(15-2-16-44)28-39(33)31-3-5-34(45)6-4-31/h3-12,14,18,27,29,46H,2,13,15-17,19-26,28,30H2,1H3,(H,47,48)(H,50,53). The third kappa shape index (κ3) is 9.76. The molecule has 13 heteroatoms. The zero-order chi connectivity index (χ0) is 39.0. The first kappa shape index (κ1) is 39.2. The van der Waals surface area contributed by atoms with Gasteiger partial charge in [0.05, 0.1) is 26.0 Å². The summed E-state index contributed by atoms with van der Waals surface area (Å²) in [7, 11) is 1.66. The molecule has 298 valence electrons. The second-order valence-corrected chi connectivity index (χ2v) is 16.5. The number of benzene rings is 2. The van der Waals surface area contributed by atoms with Gasteiger partial charge in [-0.05, 0) is 121 Å². The van der Waals surface area contributed by atoms with Crippen LogP contribution in [-0.2, 0) is 9.47 Å². The van der Waals surface area contributed by atoms with Gasteiger partial charge in [-0.25, -0.2) is 4.98 Å². The first-order valence-corrected chi connectivity index (χ1v) is 21.1. The van der Waals surface area contributed by atoms with Crippen LogP contribution in [0.5, 0.6) is 11.6 Å². The molecule has 8 rings (SSSR count). The maximum absolute atomic E-state index is 13.7. The summed E-state index contributed by atoms with van der Waals surface area (Å²) in [6, 6.07) is 23.9. The number of pyridine rings is 2.